The van der Waals surface area contributed by atoms with Crippen molar-refractivity contribution in [3.63, 3.8) is 0 Å². The number of carbonyl (C=O) groups excluding carboxylic acids is 1. The predicted octanol–water partition coefficient (Wildman–Crippen LogP) is 0.550. The first-order valence-corrected chi connectivity index (χ1v) is 5.69. The summed E-state index contributed by atoms with van der Waals surface area (Å²) < 4.78 is 5.19. The monoisotopic (exact) mass is 267 g/mol. The third-order valence-electron chi connectivity index (χ3n) is 2.89. The summed E-state index contributed by atoms with van der Waals surface area (Å²) in [6, 6.07) is 4.09. The molecule has 1 aromatic rings. The van der Waals surface area contributed by atoms with Crippen molar-refractivity contribution in [3.05, 3.63) is 33.9 Å². The summed E-state index contributed by atoms with van der Waals surface area (Å²) in [4.78, 5) is 23.6. The Morgan fingerprint density at radius 3 is 2.68 bits per heavy atom. The molecule has 1 aliphatic rings. The largest absolute Gasteiger partial charge is 0.378 e. The van der Waals surface area contributed by atoms with E-state index in [1.54, 1.807) is 0 Å². The van der Waals surface area contributed by atoms with Gasteiger partial charge < -0.3 is 9.64 Å². The van der Waals surface area contributed by atoms with Gasteiger partial charge in [0.1, 0.15) is 5.69 Å². The molecule has 1 fully saturated rings. The van der Waals surface area contributed by atoms with Gasteiger partial charge in [-0.15, -0.1) is 0 Å². The SMILES string of the molecule is O=C(NO)c1ccc(N2CCOCC2)c([N+](=O)[O-])c1. The molecule has 0 aromatic heterocycles. The van der Waals surface area contributed by atoms with E-state index in [-0.39, 0.29) is 11.3 Å². The third-order valence-corrected chi connectivity index (χ3v) is 2.89. The van der Waals surface area contributed by atoms with E-state index in [0.29, 0.717) is 32.0 Å². The Labute approximate surface area is 108 Å². The summed E-state index contributed by atoms with van der Waals surface area (Å²) >= 11 is 0. The van der Waals surface area contributed by atoms with Crippen LogP contribution in [0.3, 0.4) is 0 Å². The van der Waals surface area contributed by atoms with E-state index >= 15 is 0 Å². The molecule has 8 nitrogen and oxygen atoms in total. The smallest absolute Gasteiger partial charge is 0.293 e. The Kier molecular flexibility index (Phi) is 3.93. The van der Waals surface area contributed by atoms with Crippen LogP contribution < -0.4 is 10.4 Å². The molecular formula is C11H13N3O5. The van der Waals surface area contributed by atoms with Crippen molar-refractivity contribution < 1.29 is 19.7 Å². The molecule has 1 amide bonds. The lowest BCUT2D eigenvalue weighted by Crippen LogP contribution is -2.36. The van der Waals surface area contributed by atoms with Gasteiger partial charge >= 0.3 is 0 Å². The number of nitro groups is 1. The highest BCUT2D eigenvalue weighted by Crippen LogP contribution is 2.29. The molecule has 0 saturated carbocycles. The third kappa shape index (κ3) is 2.80. The van der Waals surface area contributed by atoms with E-state index in [1.165, 1.54) is 17.6 Å². The molecule has 1 aliphatic heterocycles. The van der Waals surface area contributed by atoms with Crippen LogP contribution in [-0.4, -0.2) is 42.3 Å². The van der Waals surface area contributed by atoms with Gasteiger partial charge in [-0.3, -0.25) is 20.1 Å². The van der Waals surface area contributed by atoms with Crippen molar-refractivity contribution >= 4 is 17.3 Å². The number of amides is 1. The highest BCUT2D eigenvalue weighted by Gasteiger charge is 2.23. The molecule has 1 heterocycles. The number of hydrogen-bond acceptors (Lipinski definition) is 6. The number of rotatable bonds is 3. The van der Waals surface area contributed by atoms with Gasteiger partial charge in [0.15, 0.2) is 0 Å². The number of anilines is 1. The first-order valence-electron chi connectivity index (χ1n) is 5.69. The van der Waals surface area contributed by atoms with E-state index in [9.17, 15) is 14.9 Å². The fourth-order valence-electron chi connectivity index (χ4n) is 1.95. The van der Waals surface area contributed by atoms with Gasteiger partial charge in [0, 0.05) is 24.7 Å². The van der Waals surface area contributed by atoms with Gasteiger partial charge in [-0.2, -0.15) is 0 Å². The van der Waals surface area contributed by atoms with Crippen LogP contribution in [0.15, 0.2) is 18.2 Å². The zero-order valence-corrected chi connectivity index (χ0v) is 10.0. The second-order valence-corrected chi connectivity index (χ2v) is 4.00. The quantitative estimate of drug-likeness (QED) is 0.470. The van der Waals surface area contributed by atoms with Crippen LogP contribution in [0.4, 0.5) is 11.4 Å². The van der Waals surface area contributed by atoms with Crippen LogP contribution in [0.2, 0.25) is 0 Å². The molecule has 0 spiro atoms. The minimum absolute atomic E-state index is 0.0335. The molecule has 8 heteroatoms. The number of hydrogen-bond donors (Lipinski definition) is 2. The summed E-state index contributed by atoms with van der Waals surface area (Å²) in [7, 11) is 0. The summed E-state index contributed by atoms with van der Waals surface area (Å²) in [5.74, 6) is -0.781. The van der Waals surface area contributed by atoms with Crippen LogP contribution in [0, 0.1) is 10.1 Å². The van der Waals surface area contributed by atoms with Gasteiger partial charge in [0.05, 0.1) is 18.1 Å². The van der Waals surface area contributed by atoms with E-state index in [4.69, 9.17) is 9.94 Å². The van der Waals surface area contributed by atoms with Crippen LogP contribution in [0.5, 0.6) is 0 Å². The van der Waals surface area contributed by atoms with Crippen molar-refractivity contribution in [2.24, 2.45) is 0 Å². The Balaban J connectivity index is 2.37. The van der Waals surface area contributed by atoms with Crippen LogP contribution in [0.1, 0.15) is 10.4 Å². The fourth-order valence-corrected chi connectivity index (χ4v) is 1.95. The number of nitrogens with zero attached hydrogens (tertiary/aromatic N) is 2. The predicted molar refractivity (Wildman–Crippen MR) is 65.4 cm³/mol. The zero-order chi connectivity index (χ0) is 13.8. The Hall–Kier alpha value is -2.19. The summed E-state index contributed by atoms with van der Waals surface area (Å²) in [6.45, 7) is 2.14. The molecule has 2 rings (SSSR count). The minimum atomic E-state index is -0.781. The molecule has 102 valence electrons. The number of carbonyl (C=O) groups is 1. The number of hydroxylamine groups is 1. The maximum absolute atomic E-state index is 11.3. The Morgan fingerprint density at radius 2 is 2.11 bits per heavy atom. The lowest BCUT2D eigenvalue weighted by Gasteiger charge is -2.28. The molecule has 0 atom stereocenters. The fraction of sp³-hybridized carbons (Fsp3) is 0.364. The minimum Gasteiger partial charge on any atom is -0.378 e. The number of morpholine rings is 1. The topological polar surface area (TPSA) is 105 Å². The van der Waals surface area contributed by atoms with Crippen molar-refractivity contribution in [2.75, 3.05) is 31.2 Å². The molecule has 0 unspecified atom stereocenters. The lowest BCUT2D eigenvalue weighted by molar-refractivity contribution is -0.384. The van der Waals surface area contributed by atoms with Crippen molar-refractivity contribution in [2.45, 2.75) is 0 Å². The molecule has 0 radical (unpaired) electrons. The van der Waals surface area contributed by atoms with E-state index in [0.717, 1.165) is 6.07 Å². The van der Waals surface area contributed by atoms with Gasteiger partial charge in [-0.1, -0.05) is 0 Å². The number of nitrogens with one attached hydrogen (secondary N) is 1. The molecule has 0 bridgehead atoms. The molecule has 19 heavy (non-hydrogen) atoms. The Morgan fingerprint density at radius 1 is 1.42 bits per heavy atom. The average Bonchev–Trinajstić information content (AvgIpc) is 2.46. The second-order valence-electron chi connectivity index (χ2n) is 4.00. The van der Waals surface area contributed by atoms with Crippen molar-refractivity contribution in [1.29, 1.82) is 0 Å². The van der Waals surface area contributed by atoms with E-state index in [1.807, 2.05) is 4.90 Å². The lowest BCUT2D eigenvalue weighted by atomic mass is 10.1. The van der Waals surface area contributed by atoms with Crippen LogP contribution in [-0.2, 0) is 4.74 Å². The Bertz CT molecular complexity index is 499. The number of nitro benzene ring substituents is 1. The summed E-state index contributed by atoms with van der Waals surface area (Å²) in [6.07, 6.45) is 0. The molecule has 2 N–H and O–H groups in total. The van der Waals surface area contributed by atoms with Gasteiger partial charge in [-0.05, 0) is 12.1 Å². The summed E-state index contributed by atoms with van der Waals surface area (Å²) in [5, 5.41) is 19.6. The standard InChI is InChI=1S/C11H13N3O5/c15-11(12-16)8-1-2-9(10(7-8)14(17)18)13-3-5-19-6-4-13/h1-2,7,16H,3-6H2,(H,12,15). The number of benzene rings is 1. The molecule has 1 saturated heterocycles. The second kappa shape index (κ2) is 5.63. The summed E-state index contributed by atoms with van der Waals surface area (Å²) in [5.41, 5.74) is 1.77. The van der Waals surface area contributed by atoms with Crippen LogP contribution in [0.25, 0.3) is 0 Å². The first-order chi connectivity index (χ1) is 9.13. The van der Waals surface area contributed by atoms with Gasteiger partial charge in [0.25, 0.3) is 11.6 Å². The molecular weight excluding hydrogens is 254 g/mol. The van der Waals surface area contributed by atoms with Gasteiger partial charge in [-0.25, -0.2) is 5.48 Å². The molecule has 0 aliphatic carbocycles. The number of ether oxygens (including phenoxy) is 1. The first kappa shape index (κ1) is 13.2. The zero-order valence-electron chi connectivity index (χ0n) is 10.0. The maximum atomic E-state index is 11.3. The normalized spacial score (nSPS) is 15.1. The molecule has 1 aromatic carbocycles. The van der Waals surface area contributed by atoms with Gasteiger partial charge in [0.2, 0.25) is 0 Å². The average molecular weight is 267 g/mol. The highest BCUT2D eigenvalue weighted by molar-refractivity contribution is 5.95. The van der Waals surface area contributed by atoms with Crippen molar-refractivity contribution in [1.82, 2.24) is 5.48 Å². The highest BCUT2D eigenvalue weighted by atomic mass is 16.6. The van der Waals surface area contributed by atoms with Crippen molar-refractivity contribution in [3.8, 4) is 0 Å². The van der Waals surface area contributed by atoms with E-state index < -0.39 is 10.8 Å². The maximum Gasteiger partial charge on any atom is 0.293 e. The van der Waals surface area contributed by atoms with E-state index in [2.05, 4.69) is 0 Å². The van der Waals surface area contributed by atoms with Crippen LogP contribution >= 0.6 is 0 Å².